The summed E-state index contributed by atoms with van der Waals surface area (Å²) < 4.78 is 4.95. The number of nitrogens with zero attached hydrogens (tertiary/aromatic N) is 3. The minimum Gasteiger partial charge on any atom is -0.463 e. The topological polar surface area (TPSA) is 67.4 Å². The van der Waals surface area contributed by atoms with Crippen LogP contribution in [-0.4, -0.2) is 53.9 Å². The number of hydrogen-bond donors (Lipinski definition) is 1. The van der Waals surface area contributed by atoms with E-state index in [4.69, 9.17) is 4.74 Å². The molecule has 1 aliphatic carbocycles. The summed E-state index contributed by atoms with van der Waals surface area (Å²) >= 11 is 0. The van der Waals surface area contributed by atoms with Crippen molar-refractivity contribution in [3.05, 3.63) is 41.5 Å². The predicted molar refractivity (Wildman–Crippen MR) is 103 cm³/mol. The van der Waals surface area contributed by atoms with Crippen LogP contribution < -0.4 is 5.32 Å². The maximum absolute atomic E-state index is 11.3. The van der Waals surface area contributed by atoms with Crippen molar-refractivity contribution in [2.24, 2.45) is 0 Å². The van der Waals surface area contributed by atoms with Gasteiger partial charge in [-0.15, -0.1) is 22.6 Å². The van der Waals surface area contributed by atoms with Crippen molar-refractivity contribution in [3.8, 4) is 11.3 Å². The quantitative estimate of drug-likeness (QED) is 0.828. The van der Waals surface area contributed by atoms with Gasteiger partial charge in [0.25, 0.3) is 0 Å². The summed E-state index contributed by atoms with van der Waals surface area (Å²) in [7, 11) is 0. The average molecular weight is 375 g/mol. The first-order chi connectivity index (χ1) is 12.3. The molecule has 0 atom stereocenters. The Labute approximate surface area is 159 Å². The van der Waals surface area contributed by atoms with E-state index >= 15 is 0 Å². The molecule has 0 unspecified atom stereocenters. The predicted octanol–water partition coefficient (Wildman–Crippen LogP) is 2.32. The lowest BCUT2D eigenvalue weighted by molar-refractivity contribution is -0.150. The van der Waals surface area contributed by atoms with Gasteiger partial charge >= 0.3 is 5.97 Å². The molecule has 1 aliphatic heterocycles. The first kappa shape index (κ1) is 18.6. The van der Waals surface area contributed by atoms with Crippen molar-refractivity contribution < 1.29 is 9.53 Å². The molecule has 1 N–H and O–H groups in total. The molecule has 2 aliphatic rings. The number of anilines is 1. The third-order valence-corrected chi connectivity index (χ3v) is 4.79. The van der Waals surface area contributed by atoms with Crippen molar-refractivity contribution in [2.75, 3.05) is 38.1 Å². The molecule has 1 aromatic carbocycles. The monoisotopic (exact) mass is 374 g/mol. The third-order valence-electron chi connectivity index (χ3n) is 4.79. The molecule has 0 bridgehead atoms. The Balaban J connectivity index is 0.00000196. The highest BCUT2D eigenvalue weighted by atomic mass is 35.5. The second kappa shape index (κ2) is 8.47. The van der Waals surface area contributed by atoms with Crippen LogP contribution in [-0.2, 0) is 22.4 Å². The summed E-state index contributed by atoms with van der Waals surface area (Å²) in [6.45, 7) is 3.17. The number of carbonyl (C=O) groups excluding carboxylic acids is 1. The number of fused-ring (bicyclic) bond motifs is 3. The van der Waals surface area contributed by atoms with Crippen LogP contribution in [0.1, 0.15) is 17.5 Å². The first-order valence-electron chi connectivity index (χ1n) is 8.86. The van der Waals surface area contributed by atoms with E-state index in [0.29, 0.717) is 13.2 Å². The molecule has 4 rings (SSSR count). The maximum atomic E-state index is 11.3. The Morgan fingerprint density at radius 1 is 1.15 bits per heavy atom. The minimum absolute atomic E-state index is 0. The van der Waals surface area contributed by atoms with Gasteiger partial charge in [0.1, 0.15) is 12.4 Å². The molecule has 0 amide bonds. The van der Waals surface area contributed by atoms with E-state index < -0.39 is 0 Å². The number of rotatable bonds is 4. The van der Waals surface area contributed by atoms with Crippen LogP contribution in [0.5, 0.6) is 0 Å². The van der Waals surface area contributed by atoms with Gasteiger partial charge in [0.2, 0.25) is 0 Å². The van der Waals surface area contributed by atoms with E-state index in [-0.39, 0.29) is 18.4 Å². The summed E-state index contributed by atoms with van der Waals surface area (Å²) in [6, 6.07) is 10.6. The molecule has 1 fully saturated rings. The summed E-state index contributed by atoms with van der Waals surface area (Å²) in [6.07, 6.45) is 3.23. The molecule has 26 heavy (non-hydrogen) atoms. The number of benzene rings is 1. The molecule has 2 aromatic rings. The standard InChI is InChI=1S/C19H22N4O2.ClH/c24-18-13-23(10-11-25-18)9-8-20-17-12-15-6-3-5-14-4-1-2-7-16(14)19(15)22-21-17;/h1-2,4,7,12H,3,5-6,8-11,13H2,(H,20,21);1H. The van der Waals surface area contributed by atoms with E-state index in [0.717, 1.165) is 50.4 Å². The van der Waals surface area contributed by atoms with Crippen molar-refractivity contribution in [1.82, 2.24) is 15.1 Å². The second-order valence-corrected chi connectivity index (χ2v) is 6.54. The molecule has 0 spiro atoms. The molecule has 1 aromatic heterocycles. The fourth-order valence-corrected chi connectivity index (χ4v) is 3.50. The number of ether oxygens (including phenoxy) is 1. The van der Waals surface area contributed by atoms with Crippen LogP contribution in [0.3, 0.4) is 0 Å². The summed E-state index contributed by atoms with van der Waals surface area (Å²) in [5.74, 6) is 0.660. The Bertz CT molecular complexity index is 784. The van der Waals surface area contributed by atoms with Gasteiger partial charge in [-0.25, -0.2) is 0 Å². The third kappa shape index (κ3) is 4.14. The van der Waals surface area contributed by atoms with Gasteiger partial charge in [0.15, 0.2) is 0 Å². The minimum atomic E-state index is -0.144. The molecule has 0 saturated carbocycles. The summed E-state index contributed by atoms with van der Waals surface area (Å²) in [5.41, 5.74) is 4.83. The lowest BCUT2D eigenvalue weighted by Crippen LogP contribution is -2.41. The van der Waals surface area contributed by atoms with E-state index in [1.807, 2.05) is 0 Å². The Morgan fingerprint density at radius 3 is 2.88 bits per heavy atom. The van der Waals surface area contributed by atoms with Crippen LogP contribution in [0.2, 0.25) is 0 Å². The molecule has 6 nitrogen and oxygen atoms in total. The van der Waals surface area contributed by atoms with E-state index in [2.05, 4.69) is 50.7 Å². The Kier molecular flexibility index (Phi) is 6.06. The van der Waals surface area contributed by atoms with E-state index in [1.165, 1.54) is 16.7 Å². The van der Waals surface area contributed by atoms with Gasteiger partial charge in [0.05, 0.1) is 12.2 Å². The number of hydrogen-bond acceptors (Lipinski definition) is 6. The van der Waals surface area contributed by atoms with Crippen LogP contribution in [0.25, 0.3) is 11.3 Å². The van der Waals surface area contributed by atoms with Gasteiger partial charge in [0, 0.05) is 25.2 Å². The van der Waals surface area contributed by atoms with Crippen molar-refractivity contribution in [1.29, 1.82) is 0 Å². The number of morpholine rings is 1. The molecule has 2 heterocycles. The van der Waals surface area contributed by atoms with Crippen LogP contribution in [0, 0.1) is 0 Å². The smallest absolute Gasteiger partial charge is 0.320 e. The zero-order chi connectivity index (χ0) is 17.1. The lowest BCUT2D eigenvalue weighted by atomic mass is 10.0. The number of carbonyl (C=O) groups is 1. The van der Waals surface area contributed by atoms with Crippen LogP contribution >= 0.6 is 12.4 Å². The van der Waals surface area contributed by atoms with Gasteiger partial charge in [-0.3, -0.25) is 9.69 Å². The second-order valence-electron chi connectivity index (χ2n) is 6.54. The average Bonchev–Trinajstić information content (AvgIpc) is 2.81. The molecular formula is C19H23ClN4O2. The fourth-order valence-electron chi connectivity index (χ4n) is 3.50. The number of cyclic esters (lactones) is 1. The summed E-state index contributed by atoms with van der Waals surface area (Å²) in [5, 5.41) is 12.2. The highest BCUT2D eigenvalue weighted by Gasteiger charge is 2.18. The van der Waals surface area contributed by atoms with E-state index in [1.54, 1.807) is 0 Å². The van der Waals surface area contributed by atoms with Crippen molar-refractivity contribution >= 4 is 24.2 Å². The van der Waals surface area contributed by atoms with Gasteiger partial charge in [-0.1, -0.05) is 24.3 Å². The van der Waals surface area contributed by atoms with E-state index in [9.17, 15) is 4.79 Å². The normalized spacial score (nSPS) is 16.5. The molecule has 0 radical (unpaired) electrons. The molecule has 1 saturated heterocycles. The number of aryl methyl sites for hydroxylation is 2. The molecule has 138 valence electrons. The number of nitrogens with one attached hydrogen (secondary N) is 1. The van der Waals surface area contributed by atoms with Gasteiger partial charge in [-0.05, 0) is 36.5 Å². The zero-order valence-corrected chi connectivity index (χ0v) is 15.4. The zero-order valence-electron chi connectivity index (χ0n) is 14.6. The fraction of sp³-hybridized carbons (Fsp3) is 0.421. The van der Waals surface area contributed by atoms with Crippen molar-refractivity contribution in [2.45, 2.75) is 19.3 Å². The Hall–Kier alpha value is -2.18. The van der Waals surface area contributed by atoms with Crippen molar-refractivity contribution in [3.63, 3.8) is 0 Å². The SMILES string of the molecule is Cl.O=C1CN(CCNc2cc3c(nn2)-c2ccccc2CCC3)CCO1. The van der Waals surface area contributed by atoms with Crippen LogP contribution in [0.4, 0.5) is 5.82 Å². The summed E-state index contributed by atoms with van der Waals surface area (Å²) in [4.78, 5) is 13.4. The first-order valence-corrected chi connectivity index (χ1v) is 8.86. The van der Waals surface area contributed by atoms with Gasteiger partial charge < -0.3 is 10.1 Å². The maximum Gasteiger partial charge on any atom is 0.320 e. The highest BCUT2D eigenvalue weighted by Crippen LogP contribution is 2.31. The largest absolute Gasteiger partial charge is 0.463 e. The molecule has 7 heteroatoms. The molecular weight excluding hydrogens is 352 g/mol. The van der Waals surface area contributed by atoms with Gasteiger partial charge in [-0.2, -0.15) is 0 Å². The number of aromatic nitrogens is 2. The number of esters is 1. The highest BCUT2D eigenvalue weighted by molar-refractivity contribution is 5.85. The Morgan fingerprint density at radius 2 is 2.00 bits per heavy atom. The number of halogens is 1. The van der Waals surface area contributed by atoms with Crippen LogP contribution in [0.15, 0.2) is 30.3 Å². The lowest BCUT2D eigenvalue weighted by Gasteiger charge is -2.25.